The van der Waals surface area contributed by atoms with E-state index >= 15 is 0 Å². The first-order valence-corrected chi connectivity index (χ1v) is 21.0. The van der Waals surface area contributed by atoms with Gasteiger partial charge in [0.15, 0.2) is 0 Å². The van der Waals surface area contributed by atoms with Crippen LogP contribution in [0.2, 0.25) is 22.2 Å². The lowest BCUT2D eigenvalue weighted by Crippen LogP contribution is -2.68. The largest absolute Gasteiger partial charge is 0.325 e. The van der Waals surface area contributed by atoms with Crippen molar-refractivity contribution in [1.82, 2.24) is 19.9 Å². The summed E-state index contributed by atoms with van der Waals surface area (Å²) in [7, 11) is -2.92. The molecule has 4 nitrogen and oxygen atoms in total. The second-order valence-corrected chi connectivity index (χ2v) is 20.6. The molecule has 4 aliphatic carbocycles. The minimum Gasteiger partial charge on any atom is -0.325 e. The summed E-state index contributed by atoms with van der Waals surface area (Å²) in [5.41, 5.74) is 3.99. The molecule has 0 radical (unpaired) electrons. The molecule has 0 aromatic carbocycles. The van der Waals surface area contributed by atoms with Crippen molar-refractivity contribution in [2.75, 3.05) is 26.2 Å². The van der Waals surface area contributed by atoms with E-state index < -0.39 is 16.8 Å². The Kier molecular flexibility index (Phi) is 14.0. The van der Waals surface area contributed by atoms with Crippen molar-refractivity contribution >= 4 is 16.8 Å². The van der Waals surface area contributed by atoms with Gasteiger partial charge in [0.05, 0.1) is 0 Å². The molecule has 0 spiro atoms. The standard InChI is InChI=1S/C16H34N2Si.C14H30N2Si/c1-3-17-19(18-4-2,15-11-7-5-8-12-15)16-13-9-6-10-14-16;1-3-15-17(16-4-2,13-9-5-6-10-13)14-11-7-8-12-14/h15-18H,3-14H2,1-2H3;13-16H,3-12H2,1-2H3. The van der Waals surface area contributed by atoms with Crippen LogP contribution in [0.15, 0.2) is 0 Å². The van der Waals surface area contributed by atoms with Crippen molar-refractivity contribution in [2.45, 2.75) is 165 Å². The van der Waals surface area contributed by atoms with E-state index in [1.807, 2.05) is 0 Å². The summed E-state index contributed by atoms with van der Waals surface area (Å²) < 4.78 is 0. The van der Waals surface area contributed by atoms with E-state index in [0.29, 0.717) is 0 Å². The van der Waals surface area contributed by atoms with E-state index in [9.17, 15) is 0 Å². The van der Waals surface area contributed by atoms with Gasteiger partial charge in [-0.15, -0.1) is 0 Å². The summed E-state index contributed by atoms with van der Waals surface area (Å²) >= 11 is 0. The Morgan fingerprint density at radius 1 is 0.361 bits per heavy atom. The molecule has 212 valence electrons. The Balaban J connectivity index is 0.000000202. The molecule has 0 aromatic heterocycles. The van der Waals surface area contributed by atoms with E-state index in [1.165, 1.54) is 116 Å². The van der Waals surface area contributed by atoms with Gasteiger partial charge < -0.3 is 19.9 Å². The van der Waals surface area contributed by atoms with E-state index in [2.05, 4.69) is 47.6 Å². The van der Waals surface area contributed by atoms with Crippen LogP contribution in [0.25, 0.3) is 0 Å². The van der Waals surface area contributed by atoms with Crippen molar-refractivity contribution in [3.05, 3.63) is 0 Å². The van der Waals surface area contributed by atoms with Crippen molar-refractivity contribution < 1.29 is 0 Å². The van der Waals surface area contributed by atoms with Gasteiger partial charge in [0.2, 0.25) is 16.8 Å². The van der Waals surface area contributed by atoms with E-state index in [-0.39, 0.29) is 0 Å². The first-order valence-electron chi connectivity index (χ1n) is 16.7. The van der Waals surface area contributed by atoms with Gasteiger partial charge in [-0.3, -0.25) is 0 Å². The van der Waals surface area contributed by atoms with Crippen LogP contribution in [0.1, 0.15) is 143 Å². The summed E-state index contributed by atoms with van der Waals surface area (Å²) in [5, 5.41) is 0. The Bertz CT molecular complexity index is 515. The summed E-state index contributed by atoms with van der Waals surface area (Å²) in [6, 6.07) is 0. The third-order valence-electron chi connectivity index (χ3n) is 10.4. The predicted octanol–water partition coefficient (Wildman–Crippen LogP) is 7.85. The minimum absolute atomic E-state index is 0.990. The highest BCUT2D eigenvalue weighted by molar-refractivity contribution is 6.78. The van der Waals surface area contributed by atoms with Crippen LogP contribution in [-0.4, -0.2) is 43.0 Å². The van der Waals surface area contributed by atoms with Crippen molar-refractivity contribution in [2.24, 2.45) is 0 Å². The molecule has 6 heteroatoms. The van der Waals surface area contributed by atoms with Crippen LogP contribution in [0.5, 0.6) is 0 Å². The lowest BCUT2D eigenvalue weighted by atomic mass is 9.99. The summed E-state index contributed by atoms with van der Waals surface area (Å²) in [6.07, 6.45) is 26.7. The van der Waals surface area contributed by atoms with Crippen molar-refractivity contribution in [1.29, 1.82) is 0 Å². The molecule has 0 amide bonds. The molecule has 4 aliphatic rings. The number of nitrogens with one attached hydrogen (secondary N) is 4. The van der Waals surface area contributed by atoms with Gasteiger partial charge in [0.25, 0.3) is 0 Å². The molecular formula is C30H64N4Si2. The first kappa shape index (κ1) is 30.8. The fourth-order valence-electron chi connectivity index (χ4n) is 8.99. The molecule has 0 aliphatic heterocycles. The molecule has 0 heterocycles. The van der Waals surface area contributed by atoms with Gasteiger partial charge in [-0.25, -0.2) is 0 Å². The average Bonchev–Trinajstić information content (AvgIpc) is 3.65. The zero-order chi connectivity index (χ0) is 25.7. The van der Waals surface area contributed by atoms with Gasteiger partial charge in [0, 0.05) is 0 Å². The molecular weight excluding hydrogens is 473 g/mol. The molecule has 4 rings (SSSR count). The molecule has 4 N–H and O–H groups in total. The zero-order valence-electron chi connectivity index (χ0n) is 24.9. The highest BCUT2D eigenvalue weighted by atomic mass is 28.4. The van der Waals surface area contributed by atoms with Crippen LogP contribution in [0, 0.1) is 0 Å². The van der Waals surface area contributed by atoms with Gasteiger partial charge in [-0.1, -0.05) is 143 Å². The first-order chi connectivity index (χ1) is 17.7. The van der Waals surface area contributed by atoms with Crippen molar-refractivity contribution in [3.8, 4) is 0 Å². The number of rotatable bonds is 12. The Morgan fingerprint density at radius 2 is 0.556 bits per heavy atom. The third-order valence-corrected chi connectivity index (χ3v) is 21.6. The molecule has 0 bridgehead atoms. The SMILES string of the molecule is CCN[Si](NCC)(C1CCCC1)C1CCCC1.CCN[Si](NCC)(C1CCCCC1)C1CCCCC1. The van der Waals surface area contributed by atoms with Gasteiger partial charge in [-0.05, 0) is 48.3 Å². The second-order valence-electron chi connectivity index (χ2n) is 12.5. The maximum absolute atomic E-state index is 4.06. The van der Waals surface area contributed by atoms with Gasteiger partial charge in [0.1, 0.15) is 0 Å². The van der Waals surface area contributed by atoms with Crippen LogP contribution in [-0.2, 0) is 0 Å². The quantitative estimate of drug-likeness (QED) is 0.192. The maximum atomic E-state index is 4.06. The van der Waals surface area contributed by atoms with Crippen LogP contribution in [0.3, 0.4) is 0 Å². The van der Waals surface area contributed by atoms with E-state index in [4.69, 9.17) is 0 Å². The summed E-state index contributed by atoms with van der Waals surface area (Å²) in [5.74, 6) is 0. The van der Waals surface area contributed by atoms with Gasteiger partial charge >= 0.3 is 0 Å². The summed E-state index contributed by atoms with van der Waals surface area (Å²) in [6.45, 7) is 13.8. The third kappa shape index (κ3) is 7.68. The highest BCUT2D eigenvalue weighted by Gasteiger charge is 2.49. The van der Waals surface area contributed by atoms with E-state index in [1.54, 1.807) is 0 Å². The molecule has 0 saturated heterocycles. The average molecular weight is 537 g/mol. The Morgan fingerprint density at radius 3 is 0.750 bits per heavy atom. The topological polar surface area (TPSA) is 48.1 Å². The monoisotopic (exact) mass is 536 g/mol. The van der Waals surface area contributed by atoms with Crippen LogP contribution >= 0.6 is 0 Å². The molecule has 36 heavy (non-hydrogen) atoms. The normalized spacial score (nSPS) is 23.7. The molecule has 0 atom stereocenters. The van der Waals surface area contributed by atoms with Gasteiger partial charge in [-0.2, -0.15) is 0 Å². The smallest absolute Gasteiger partial charge is 0.207 e. The van der Waals surface area contributed by atoms with Crippen LogP contribution in [0.4, 0.5) is 0 Å². The molecule has 0 unspecified atom stereocenters. The van der Waals surface area contributed by atoms with E-state index in [0.717, 1.165) is 48.3 Å². The lowest BCUT2D eigenvalue weighted by Gasteiger charge is -2.48. The fraction of sp³-hybridized carbons (Fsp3) is 1.00. The Hall–Kier alpha value is 0.274. The zero-order valence-corrected chi connectivity index (χ0v) is 26.9. The highest BCUT2D eigenvalue weighted by Crippen LogP contribution is 2.47. The summed E-state index contributed by atoms with van der Waals surface area (Å²) in [4.78, 5) is 16.1. The van der Waals surface area contributed by atoms with Crippen molar-refractivity contribution in [3.63, 3.8) is 0 Å². The number of hydrogen-bond acceptors (Lipinski definition) is 4. The fourth-order valence-corrected chi connectivity index (χ4v) is 20.5. The number of hydrogen-bond donors (Lipinski definition) is 4. The molecule has 0 aromatic rings. The lowest BCUT2D eigenvalue weighted by molar-refractivity contribution is 0.433. The predicted molar refractivity (Wildman–Crippen MR) is 164 cm³/mol. The van der Waals surface area contributed by atoms with Crippen LogP contribution < -0.4 is 19.9 Å². The minimum atomic E-state index is -1.49. The molecule has 4 fully saturated rings. The maximum Gasteiger partial charge on any atom is 0.207 e. The Labute approximate surface area is 228 Å². The second kappa shape index (κ2) is 16.4. The molecule has 4 saturated carbocycles.